The van der Waals surface area contributed by atoms with Gasteiger partial charge in [0.05, 0.1) is 4.92 Å². The highest BCUT2D eigenvalue weighted by Gasteiger charge is 2.18. The van der Waals surface area contributed by atoms with Crippen LogP contribution >= 0.6 is 0 Å². The van der Waals surface area contributed by atoms with Gasteiger partial charge in [-0.2, -0.15) is 0 Å². The summed E-state index contributed by atoms with van der Waals surface area (Å²) in [5.74, 6) is 0.639. The number of nitrogens with zero attached hydrogens (tertiary/aromatic N) is 2. The summed E-state index contributed by atoms with van der Waals surface area (Å²) in [5, 5.41) is 22.7. The molecular weight excluding hydrogens is 246 g/mol. The topological polar surface area (TPSA) is 88.3 Å². The predicted octanol–water partition coefficient (Wildman–Crippen LogP) is 2.51. The van der Waals surface area contributed by atoms with E-state index < -0.39 is 4.92 Å². The minimum absolute atomic E-state index is 0.0325. The third-order valence-corrected chi connectivity index (χ3v) is 3.04. The van der Waals surface area contributed by atoms with Crippen LogP contribution in [-0.4, -0.2) is 28.2 Å². The van der Waals surface area contributed by atoms with Crippen LogP contribution < -0.4 is 5.32 Å². The number of aliphatic hydroxyl groups is 1. The van der Waals surface area contributed by atoms with E-state index in [-0.39, 0.29) is 17.7 Å². The number of aliphatic hydroxyl groups excluding tert-OH is 1. The fourth-order valence-corrected chi connectivity index (χ4v) is 1.81. The molecule has 6 nitrogen and oxygen atoms in total. The molecule has 1 heterocycles. The van der Waals surface area contributed by atoms with Gasteiger partial charge in [-0.05, 0) is 31.2 Å². The van der Waals surface area contributed by atoms with Gasteiger partial charge in [0.2, 0.25) is 0 Å². The van der Waals surface area contributed by atoms with Crippen LogP contribution in [-0.2, 0) is 0 Å². The molecular formula is C13H21N3O3. The van der Waals surface area contributed by atoms with E-state index in [0.29, 0.717) is 17.9 Å². The van der Waals surface area contributed by atoms with E-state index >= 15 is 0 Å². The molecule has 0 saturated heterocycles. The van der Waals surface area contributed by atoms with Crippen LogP contribution in [0.5, 0.6) is 0 Å². The highest BCUT2D eigenvalue weighted by Crippen LogP contribution is 2.24. The van der Waals surface area contributed by atoms with Crippen molar-refractivity contribution < 1.29 is 10.0 Å². The summed E-state index contributed by atoms with van der Waals surface area (Å²) in [6.07, 6.45) is 2.95. The number of hydrogen-bond acceptors (Lipinski definition) is 5. The molecule has 6 heteroatoms. The minimum atomic E-state index is -0.433. The molecule has 0 spiro atoms. The lowest BCUT2D eigenvalue weighted by Crippen LogP contribution is -2.23. The quantitative estimate of drug-likeness (QED) is 0.585. The molecule has 0 bridgehead atoms. The van der Waals surface area contributed by atoms with E-state index in [0.717, 1.165) is 12.8 Å². The summed E-state index contributed by atoms with van der Waals surface area (Å²) in [6.45, 7) is 6.80. The second-order valence-electron chi connectivity index (χ2n) is 5.46. The first kappa shape index (κ1) is 15.4. The van der Waals surface area contributed by atoms with Gasteiger partial charge in [-0.25, -0.2) is 4.98 Å². The van der Waals surface area contributed by atoms with E-state index in [4.69, 9.17) is 5.11 Å². The maximum absolute atomic E-state index is 10.7. The van der Waals surface area contributed by atoms with Gasteiger partial charge in [0, 0.05) is 18.7 Å². The van der Waals surface area contributed by atoms with Crippen molar-refractivity contribution in [3.63, 3.8) is 0 Å². The fraction of sp³-hybridized carbons (Fsp3) is 0.615. The molecule has 1 aromatic rings. The van der Waals surface area contributed by atoms with Gasteiger partial charge < -0.3 is 10.4 Å². The fourth-order valence-electron chi connectivity index (χ4n) is 1.81. The normalized spacial score (nSPS) is 11.4. The lowest BCUT2D eigenvalue weighted by molar-refractivity contribution is -0.385. The first-order valence-electron chi connectivity index (χ1n) is 6.31. The Kier molecular flexibility index (Phi) is 5.23. The molecule has 0 aromatic carbocycles. The van der Waals surface area contributed by atoms with E-state index in [2.05, 4.69) is 24.1 Å². The van der Waals surface area contributed by atoms with Gasteiger partial charge in [0.25, 0.3) is 5.69 Å². The molecule has 0 radical (unpaired) electrons. The van der Waals surface area contributed by atoms with Crippen LogP contribution in [0, 0.1) is 22.5 Å². The molecule has 19 heavy (non-hydrogen) atoms. The predicted molar refractivity (Wildman–Crippen MR) is 74.2 cm³/mol. The molecule has 0 unspecified atom stereocenters. The lowest BCUT2D eigenvalue weighted by Gasteiger charge is -2.24. The zero-order valence-electron chi connectivity index (χ0n) is 11.6. The van der Waals surface area contributed by atoms with Gasteiger partial charge >= 0.3 is 0 Å². The standard InChI is InChI=1S/C13H21N3O3/c1-10-7-12(14-8-11(10)16(18)19)15-9-13(2,3)5-4-6-17/h7-8,17H,4-6,9H2,1-3H3,(H,14,15). The minimum Gasteiger partial charge on any atom is -0.396 e. The third-order valence-electron chi connectivity index (χ3n) is 3.04. The average Bonchev–Trinajstić information content (AvgIpc) is 2.34. The first-order valence-corrected chi connectivity index (χ1v) is 6.31. The monoisotopic (exact) mass is 267 g/mol. The summed E-state index contributed by atoms with van der Waals surface area (Å²) in [6, 6.07) is 1.68. The van der Waals surface area contributed by atoms with E-state index in [1.807, 2.05) is 0 Å². The highest BCUT2D eigenvalue weighted by atomic mass is 16.6. The number of aromatic nitrogens is 1. The number of nitrogens with one attached hydrogen (secondary N) is 1. The van der Waals surface area contributed by atoms with E-state index in [9.17, 15) is 10.1 Å². The van der Waals surface area contributed by atoms with Crippen LogP contribution in [0.1, 0.15) is 32.3 Å². The smallest absolute Gasteiger partial charge is 0.290 e. The summed E-state index contributed by atoms with van der Waals surface area (Å²) < 4.78 is 0. The van der Waals surface area contributed by atoms with Crippen molar-refractivity contribution in [2.45, 2.75) is 33.6 Å². The summed E-state index contributed by atoms with van der Waals surface area (Å²) in [7, 11) is 0. The van der Waals surface area contributed by atoms with Crippen molar-refractivity contribution in [3.05, 3.63) is 27.9 Å². The Morgan fingerprint density at radius 1 is 1.53 bits per heavy atom. The van der Waals surface area contributed by atoms with Crippen LogP contribution in [0.25, 0.3) is 0 Å². The molecule has 0 aliphatic heterocycles. The number of hydrogen-bond donors (Lipinski definition) is 2. The Morgan fingerprint density at radius 3 is 2.74 bits per heavy atom. The number of pyridine rings is 1. The molecule has 0 aliphatic carbocycles. The Labute approximate surface area is 113 Å². The largest absolute Gasteiger partial charge is 0.396 e. The Bertz CT molecular complexity index is 447. The van der Waals surface area contributed by atoms with Crippen LogP contribution in [0.4, 0.5) is 11.5 Å². The number of rotatable bonds is 7. The van der Waals surface area contributed by atoms with E-state index in [1.54, 1.807) is 13.0 Å². The number of nitro groups is 1. The zero-order valence-corrected chi connectivity index (χ0v) is 11.6. The van der Waals surface area contributed by atoms with Crippen molar-refractivity contribution in [1.82, 2.24) is 4.98 Å². The van der Waals surface area contributed by atoms with Crippen molar-refractivity contribution in [3.8, 4) is 0 Å². The molecule has 0 amide bonds. The van der Waals surface area contributed by atoms with Crippen molar-refractivity contribution in [2.24, 2.45) is 5.41 Å². The van der Waals surface area contributed by atoms with E-state index in [1.165, 1.54) is 6.20 Å². The summed E-state index contributed by atoms with van der Waals surface area (Å²) in [5.41, 5.74) is 0.667. The third kappa shape index (κ3) is 4.82. The molecule has 106 valence electrons. The molecule has 2 N–H and O–H groups in total. The molecule has 0 aliphatic rings. The Hall–Kier alpha value is -1.69. The molecule has 0 atom stereocenters. The first-order chi connectivity index (χ1) is 8.85. The second-order valence-corrected chi connectivity index (χ2v) is 5.46. The zero-order chi connectivity index (χ0) is 14.5. The maximum atomic E-state index is 10.7. The van der Waals surface area contributed by atoms with Gasteiger partial charge in [0.15, 0.2) is 0 Å². The summed E-state index contributed by atoms with van der Waals surface area (Å²) >= 11 is 0. The highest BCUT2D eigenvalue weighted by molar-refractivity contribution is 5.46. The molecule has 1 aromatic heterocycles. The average molecular weight is 267 g/mol. The van der Waals surface area contributed by atoms with Crippen LogP contribution in [0.2, 0.25) is 0 Å². The molecule has 1 rings (SSSR count). The molecule has 0 saturated carbocycles. The second kappa shape index (κ2) is 6.47. The lowest BCUT2D eigenvalue weighted by atomic mass is 9.88. The van der Waals surface area contributed by atoms with Crippen molar-refractivity contribution in [2.75, 3.05) is 18.5 Å². The van der Waals surface area contributed by atoms with Gasteiger partial charge in [-0.1, -0.05) is 13.8 Å². The Morgan fingerprint density at radius 2 is 2.21 bits per heavy atom. The van der Waals surface area contributed by atoms with Crippen LogP contribution in [0.15, 0.2) is 12.3 Å². The van der Waals surface area contributed by atoms with Crippen LogP contribution in [0.3, 0.4) is 0 Å². The summed E-state index contributed by atoms with van der Waals surface area (Å²) in [4.78, 5) is 14.3. The Balaban J connectivity index is 2.63. The SMILES string of the molecule is Cc1cc(NCC(C)(C)CCCO)ncc1[N+](=O)[O-]. The molecule has 0 fully saturated rings. The van der Waals surface area contributed by atoms with Gasteiger partial charge in [0.1, 0.15) is 12.0 Å². The van der Waals surface area contributed by atoms with Crippen molar-refractivity contribution in [1.29, 1.82) is 0 Å². The van der Waals surface area contributed by atoms with Crippen molar-refractivity contribution >= 4 is 11.5 Å². The van der Waals surface area contributed by atoms with Gasteiger partial charge in [-0.3, -0.25) is 10.1 Å². The number of anilines is 1. The maximum Gasteiger partial charge on any atom is 0.290 e. The number of aryl methyl sites for hydroxylation is 1. The van der Waals surface area contributed by atoms with Gasteiger partial charge in [-0.15, -0.1) is 0 Å².